The zero-order valence-electron chi connectivity index (χ0n) is 18.8. The van der Waals surface area contributed by atoms with E-state index < -0.39 is 11.4 Å². The van der Waals surface area contributed by atoms with Crippen LogP contribution in [0.5, 0.6) is 5.75 Å². The van der Waals surface area contributed by atoms with Crippen LogP contribution in [0.1, 0.15) is 69.1 Å². The highest BCUT2D eigenvalue weighted by molar-refractivity contribution is 6.27. The van der Waals surface area contributed by atoms with Crippen LogP contribution in [0.4, 0.5) is 4.39 Å². The van der Waals surface area contributed by atoms with Crippen LogP contribution in [-0.2, 0) is 10.3 Å². The number of nitrogens with one attached hydrogen (secondary N) is 2. The minimum Gasteiger partial charge on any atom is -0.493 e. The van der Waals surface area contributed by atoms with E-state index in [0.29, 0.717) is 53.0 Å². The molecule has 1 unspecified atom stereocenters. The number of ether oxygens (including phenoxy) is 1. The van der Waals surface area contributed by atoms with E-state index in [1.807, 2.05) is 23.9 Å². The number of nitrogens with zero attached hydrogens (tertiary/aromatic N) is 4. The minimum absolute atomic E-state index is 0.348. The van der Waals surface area contributed by atoms with Crippen molar-refractivity contribution in [3.05, 3.63) is 59.7 Å². The van der Waals surface area contributed by atoms with Crippen molar-refractivity contribution in [2.75, 3.05) is 6.61 Å². The molecule has 2 N–H and O–H groups in total. The number of unbranched alkanes of at least 4 members (excludes halogenated alkanes) is 1. The van der Waals surface area contributed by atoms with Crippen LogP contribution in [0.3, 0.4) is 0 Å². The second kappa shape index (κ2) is 8.46. The molecule has 3 heterocycles. The summed E-state index contributed by atoms with van der Waals surface area (Å²) in [6.07, 6.45) is 7.76. The predicted molar refractivity (Wildman–Crippen MR) is 121 cm³/mol. The van der Waals surface area contributed by atoms with Crippen LogP contribution in [0.25, 0.3) is 11.1 Å². The number of aromatic amines is 1. The van der Waals surface area contributed by atoms with Crippen LogP contribution in [0, 0.1) is 5.82 Å². The maximum atomic E-state index is 15.2. The first-order valence-corrected chi connectivity index (χ1v) is 11.4. The number of amides is 1. The Morgan fingerprint density at radius 2 is 2.15 bits per heavy atom. The molecule has 0 bridgehead atoms. The summed E-state index contributed by atoms with van der Waals surface area (Å²) < 4.78 is 22.8. The molecule has 2 aromatic heterocycles. The lowest BCUT2D eigenvalue weighted by Crippen LogP contribution is -2.48. The van der Waals surface area contributed by atoms with Crippen LogP contribution >= 0.6 is 0 Å². The third-order valence-electron chi connectivity index (χ3n) is 6.24. The molecule has 2 aliphatic rings. The van der Waals surface area contributed by atoms with Gasteiger partial charge in [0, 0.05) is 24.2 Å². The van der Waals surface area contributed by atoms with Gasteiger partial charge in [-0.3, -0.25) is 14.6 Å². The molecule has 1 fully saturated rings. The van der Waals surface area contributed by atoms with Crippen molar-refractivity contribution >= 4 is 17.1 Å². The highest BCUT2D eigenvalue weighted by atomic mass is 19.1. The molecule has 8 nitrogen and oxygen atoms in total. The first-order chi connectivity index (χ1) is 16.0. The summed E-state index contributed by atoms with van der Waals surface area (Å²) in [5.74, 6) is 0.0827. The van der Waals surface area contributed by atoms with Gasteiger partial charge in [0.15, 0.2) is 5.82 Å². The number of hydrogen-bond acceptors (Lipinski definition) is 5. The number of benzene rings is 1. The van der Waals surface area contributed by atoms with Crippen molar-refractivity contribution < 1.29 is 13.9 Å². The van der Waals surface area contributed by atoms with Gasteiger partial charge in [0.2, 0.25) is 0 Å². The summed E-state index contributed by atoms with van der Waals surface area (Å²) in [4.78, 5) is 17.5. The SMILES string of the molecule is CCCCOc1ccc(C2(C)CC(c3ccn(C4CC4)n3)=C(c3ncn[nH]3)C(=O)N2)c(F)c1. The lowest BCUT2D eigenvalue weighted by Gasteiger charge is -2.37. The van der Waals surface area contributed by atoms with Gasteiger partial charge < -0.3 is 10.1 Å². The van der Waals surface area contributed by atoms with Crippen molar-refractivity contribution in [1.29, 1.82) is 0 Å². The molecule has 1 aliphatic heterocycles. The van der Waals surface area contributed by atoms with E-state index in [1.54, 1.807) is 12.1 Å². The van der Waals surface area contributed by atoms with Gasteiger partial charge in [0.1, 0.15) is 17.9 Å². The van der Waals surface area contributed by atoms with E-state index in [0.717, 1.165) is 25.7 Å². The Bertz CT molecular complexity index is 1200. The summed E-state index contributed by atoms with van der Waals surface area (Å²) in [7, 11) is 0. The molecule has 5 rings (SSSR count). The number of hydrogen-bond donors (Lipinski definition) is 2. The minimum atomic E-state index is -0.967. The van der Waals surface area contributed by atoms with Crippen molar-refractivity contribution in [1.82, 2.24) is 30.3 Å². The molecule has 33 heavy (non-hydrogen) atoms. The second-order valence-electron chi connectivity index (χ2n) is 8.91. The van der Waals surface area contributed by atoms with Crippen LogP contribution in [0.2, 0.25) is 0 Å². The third-order valence-corrected chi connectivity index (χ3v) is 6.24. The summed E-state index contributed by atoms with van der Waals surface area (Å²) in [5, 5.41) is 14.4. The fourth-order valence-electron chi connectivity index (χ4n) is 4.30. The average molecular weight is 451 g/mol. The molecule has 172 valence electrons. The summed E-state index contributed by atoms with van der Waals surface area (Å²) >= 11 is 0. The Morgan fingerprint density at radius 3 is 2.85 bits per heavy atom. The van der Waals surface area contributed by atoms with Gasteiger partial charge in [-0.15, -0.1) is 0 Å². The number of aromatic nitrogens is 5. The lowest BCUT2D eigenvalue weighted by molar-refractivity contribution is -0.117. The van der Waals surface area contributed by atoms with Crippen molar-refractivity contribution in [3.8, 4) is 5.75 Å². The first kappa shape index (κ1) is 21.4. The maximum Gasteiger partial charge on any atom is 0.256 e. The molecular formula is C24H27FN6O2. The Morgan fingerprint density at radius 1 is 1.30 bits per heavy atom. The van der Waals surface area contributed by atoms with Gasteiger partial charge in [0.05, 0.1) is 29.5 Å². The molecule has 0 spiro atoms. The first-order valence-electron chi connectivity index (χ1n) is 11.4. The van der Waals surface area contributed by atoms with Gasteiger partial charge in [-0.25, -0.2) is 9.37 Å². The standard InChI is InChI=1S/C24H27FN6O2/c1-3-4-11-33-16-7-8-18(19(25)12-16)24(2)13-17(20-9-10-31(30-20)15-5-6-15)21(23(32)28-24)22-26-14-27-29-22/h7-10,12,14-15H,3-6,11,13H2,1-2H3,(H,28,32)(H,26,27,29). The fraction of sp³-hybridized carbons (Fsp3) is 0.417. The number of halogens is 1. The van der Waals surface area contributed by atoms with E-state index in [2.05, 4.69) is 27.4 Å². The molecule has 1 amide bonds. The van der Waals surface area contributed by atoms with Gasteiger partial charge in [-0.2, -0.15) is 10.2 Å². The lowest BCUT2D eigenvalue weighted by atomic mass is 9.79. The molecule has 0 saturated heterocycles. The molecule has 1 aliphatic carbocycles. The Hall–Kier alpha value is -3.49. The summed E-state index contributed by atoms with van der Waals surface area (Å²) in [6.45, 7) is 4.45. The molecule has 1 atom stereocenters. The quantitative estimate of drug-likeness (QED) is 0.506. The highest BCUT2D eigenvalue weighted by Gasteiger charge is 2.41. The highest BCUT2D eigenvalue weighted by Crippen LogP contribution is 2.42. The largest absolute Gasteiger partial charge is 0.493 e. The summed E-state index contributed by atoms with van der Waals surface area (Å²) in [6, 6.07) is 7.15. The normalized spacial score (nSPS) is 20.8. The molecule has 0 radical (unpaired) electrons. The number of carbonyl (C=O) groups excluding carboxylic acids is 1. The van der Waals surface area contributed by atoms with Crippen molar-refractivity contribution in [2.24, 2.45) is 0 Å². The molecule has 9 heteroatoms. The topological polar surface area (TPSA) is 97.7 Å². The predicted octanol–water partition coefficient (Wildman–Crippen LogP) is 4.00. The third kappa shape index (κ3) is 4.15. The van der Waals surface area contributed by atoms with Gasteiger partial charge in [-0.05, 0) is 43.9 Å². The van der Waals surface area contributed by atoms with Crippen LogP contribution in [0.15, 0.2) is 36.8 Å². The number of rotatable bonds is 8. The number of H-pyrrole nitrogens is 1. The van der Waals surface area contributed by atoms with E-state index in [1.165, 1.54) is 12.4 Å². The van der Waals surface area contributed by atoms with Crippen LogP contribution in [-0.4, -0.2) is 37.5 Å². The fourth-order valence-corrected chi connectivity index (χ4v) is 4.30. The molecule has 3 aromatic rings. The van der Waals surface area contributed by atoms with E-state index >= 15 is 4.39 Å². The number of carbonyl (C=O) groups is 1. The van der Waals surface area contributed by atoms with Gasteiger partial charge in [-0.1, -0.05) is 19.4 Å². The van der Waals surface area contributed by atoms with Crippen molar-refractivity contribution in [3.63, 3.8) is 0 Å². The molecular weight excluding hydrogens is 423 g/mol. The summed E-state index contributed by atoms with van der Waals surface area (Å²) in [5.41, 5.74) is 1.21. The average Bonchev–Trinajstić information content (AvgIpc) is 3.28. The van der Waals surface area contributed by atoms with Crippen molar-refractivity contribution in [2.45, 2.75) is 57.5 Å². The molecule has 1 aromatic carbocycles. The Kier molecular flexibility index (Phi) is 5.47. The second-order valence-corrected chi connectivity index (χ2v) is 8.91. The monoisotopic (exact) mass is 450 g/mol. The van der Waals surface area contributed by atoms with Gasteiger partial charge in [0.25, 0.3) is 5.91 Å². The van der Waals surface area contributed by atoms with Crippen LogP contribution < -0.4 is 10.1 Å². The molecule has 1 saturated carbocycles. The van der Waals surface area contributed by atoms with Gasteiger partial charge >= 0.3 is 0 Å². The zero-order chi connectivity index (χ0) is 23.0. The van der Waals surface area contributed by atoms with E-state index in [9.17, 15) is 4.79 Å². The Labute approximate surface area is 191 Å². The maximum absolute atomic E-state index is 15.2. The van der Waals surface area contributed by atoms with E-state index in [4.69, 9.17) is 9.84 Å². The van der Waals surface area contributed by atoms with E-state index in [-0.39, 0.29) is 5.91 Å². The Balaban J connectivity index is 1.52. The smallest absolute Gasteiger partial charge is 0.256 e. The zero-order valence-corrected chi connectivity index (χ0v) is 18.8.